The number of nitrogens with zero attached hydrogens (tertiary/aromatic N) is 2. The molecule has 0 radical (unpaired) electrons. The molecule has 0 spiro atoms. The molecule has 2 heterocycles. The maximum absolute atomic E-state index is 12.5. The first-order valence-corrected chi connectivity index (χ1v) is 6.92. The number of aromatic nitrogens is 1. The molecule has 2 rings (SSSR count). The number of aryl methyl sites for hydroxylation is 1. The Morgan fingerprint density at radius 2 is 2.28 bits per heavy atom. The van der Waals surface area contributed by atoms with Gasteiger partial charge in [-0.1, -0.05) is 18.5 Å². The Kier molecular flexibility index (Phi) is 4.30. The van der Waals surface area contributed by atoms with Crippen LogP contribution in [0.5, 0.6) is 0 Å². The van der Waals surface area contributed by atoms with E-state index in [9.17, 15) is 4.79 Å². The number of hydrogen-bond donors (Lipinski definition) is 1. The standard InChI is InChI=1S/C13H20ClN3O/c1-3-5-16-9-10(14)6-12(16)13(18)17(4-2)11-7-15-8-11/h6,9,11,15H,3-5,7-8H2,1-2H3. The average molecular weight is 270 g/mol. The van der Waals surface area contributed by atoms with Crippen LogP contribution in [0.2, 0.25) is 5.02 Å². The molecular weight excluding hydrogens is 250 g/mol. The van der Waals surface area contributed by atoms with E-state index in [0.717, 1.165) is 32.6 Å². The van der Waals surface area contributed by atoms with Crippen molar-refractivity contribution in [3.8, 4) is 0 Å². The molecule has 0 atom stereocenters. The molecule has 18 heavy (non-hydrogen) atoms. The molecule has 1 amide bonds. The van der Waals surface area contributed by atoms with Crippen LogP contribution >= 0.6 is 11.6 Å². The topological polar surface area (TPSA) is 37.3 Å². The first kappa shape index (κ1) is 13.4. The van der Waals surface area contributed by atoms with Crippen molar-refractivity contribution in [1.29, 1.82) is 0 Å². The van der Waals surface area contributed by atoms with Gasteiger partial charge in [-0.25, -0.2) is 0 Å². The fourth-order valence-corrected chi connectivity index (χ4v) is 2.51. The second-order valence-electron chi connectivity index (χ2n) is 4.64. The van der Waals surface area contributed by atoms with Gasteiger partial charge in [0.1, 0.15) is 5.69 Å². The summed E-state index contributed by atoms with van der Waals surface area (Å²) >= 11 is 6.02. The Hall–Kier alpha value is -1.00. The van der Waals surface area contributed by atoms with Crippen LogP contribution in [0.1, 0.15) is 30.8 Å². The van der Waals surface area contributed by atoms with Crippen LogP contribution in [-0.2, 0) is 6.54 Å². The molecule has 1 N–H and O–H groups in total. The third kappa shape index (κ3) is 2.54. The Labute approximate surface area is 113 Å². The summed E-state index contributed by atoms with van der Waals surface area (Å²) < 4.78 is 1.96. The molecule has 1 aliphatic heterocycles. The lowest BCUT2D eigenvalue weighted by atomic mass is 10.1. The van der Waals surface area contributed by atoms with Crippen molar-refractivity contribution in [2.45, 2.75) is 32.9 Å². The summed E-state index contributed by atoms with van der Waals surface area (Å²) in [5, 5.41) is 3.83. The van der Waals surface area contributed by atoms with Crippen LogP contribution < -0.4 is 5.32 Å². The van der Waals surface area contributed by atoms with E-state index in [-0.39, 0.29) is 5.91 Å². The highest BCUT2D eigenvalue weighted by atomic mass is 35.5. The van der Waals surface area contributed by atoms with Gasteiger partial charge in [0.25, 0.3) is 5.91 Å². The van der Waals surface area contributed by atoms with Crippen LogP contribution in [0.4, 0.5) is 0 Å². The molecule has 0 aliphatic carbocycles. The molecule has 1 aromatic rings. The number of likely N-dealkylation sites (N-methyl/N-ethyl adjacent to an activating group) is 1. The first-order chi connectivity index (χ1) is 8.67. The Balaban J connectivity index is 2.20. The van der Waals surface area contributed by atoms with Crippen LogP contribution in [0.3, 0.4) is 0 Å². The van der Waals surface area contributed by atoms with Crippen molar-refractivity contribution in [3.63, 3.8) is 0 Å². The summed E-state index contributed by atoms with van der Waals surface area (Å²) in [5.74, 6) is 0.0874. The van der Waals surface area contributed by atoms with Crippen molar-refractivity contribution in [2.24, 2.45) is 0 Å². The fourth-order valence-electron chi connectivity index (χ4n) is 2.29. The lowest BCUT2D eigenvalue weighted by Crippen LogP contribution is -2.58. The minimum Gasteiger partial charge on any atom is -0.342 e. The van der Waals surface area contributed by atoms with Crippen molar-refractivity contribution in [3.05, 3.63) is 23.0 Å². The number of amides is 1. The largest absolute Gasteiger partial charge is 0.342 e. The summed E-state index contributed by atoms with van der Waals surface area (Å²) in [7, 11) is 0. The zero-order valence-corrected chi connectivity index (χ0v) is 11.7. The van der Waals surface area contributed by atoms with Crippen molar-refractivity contribution in [2.75, 3.05) is 19.6 Å². The highest BCUT2D eigenvalue weighted by Gasteiger charge is 2.29. The molecule has 4 nitrogen and oxygen atoms in total. The summed E-state index contributed by atoms with van der Waals surface area (Å²) in [6.45, 7) is 7.46. The number of carbonyl (C=O) groups excluding carboxylic acids is 1. The van der Waals surface area contributed by atoms with E-state index in [2.05, 4.69) is 12.2 Å². The molecule has 0 unspecified atom stereocenters. The van der Waals surface area contributed by atoms with E-state index in [1.807, 2.05) is 22.6 Å². The molecule has 100 valence electrons. The molecule has 1 fully saturated rings. The molecule has 0 bridgehead atoms. The van der Waals surface area contributed by atoms with Gasteiger partial charge in [-0.3, -0.25) is 4.79 Å². The second-order valence-corrected chi connectivity index (χ2v) is 5.08. The fraction of sp³-hybridized carbons (Fsp3) is 0.615. The summed E-state index contributed by atoms with van der Waals surface area (Å²) in [5.41, 5.74) is 0.704. The van der Waals surface area contributed by atoms with Gasteiger partial charge in [0.2, 0.25) is 0 Å². The van der Waals surface area contributed by atoms with E-state index in [1.165, 1.54) is 0 Å². The van der Waals surface area contributed by atoms with Crippen LogP contribution in [0, 0.1) is 0 Å². The van der Waals surface area contributed by atoms with Gasteiger partial charge in [0, 0.05) is 32.4 Å². The molecular formula is C13H20ClN3O. The maximum atomic E-state index is 12.5. The van der Waals surface area contributed by atoms with E-state index >= 15 is 0 Å². The van der Waals surface area contributed by atoms with Gasteiger partial charge in [-0.15, -0.1) is 0 Å². The lowest BCUT2D eigenvalue weighted by Gasteiger charge is -2.37. The third-order valence-electron chi connectivity index (χ3n) is 3.35. The zero-order chi connectivity index (χ0) is 13.1. The van der Waals surface area contributed by atoms with E-state index in [4.69, 9.17) is 11.6 Å². The molecule has 0 saturated carbocycles. The maximum Gasteiger partial charge on any atom is 0.270 e. The zero-order valence-electron chi connectivity index (χ0n) is 10.9. The normalized spacial score (nSPS) is 15.5. The first-order valence-electron chi connectivity index (χ1n) is 6.54. The van der Waals surface area contributed by atoms with Crippen molar-refractivity contribution in [1.82, 2.24) is 14.8 Å². The molecule has 1 saturated heterocycles. The number of halogens is 1. The highest BCUT2D eigenvalue weighted by molar-refractivity contribution is 6.31. The average Bonchev–Trinajstić information content (AvgIpc) is 2.64. The van der Waals surface area contributed by atoms with Gasteiger partial charge in [0.05, 0.1) is 11.1 Å². The van der Waals surface area contributed by atoms with E-state index in [1.54, 1.807) is 6.07 Å². The van der Waals surface area contributed by atoms with Crippen LogP contribution in [0.25, 0.3) is 0 Å². The number of rotatable bonds is 5. The lowest BCUT2D eigenvalue weighted by molar-refractivity contribution is 0.0619. The SMILES string of the molecule is CCCn1cc(Cl)cc1C(=O)N(CC)C1CNC1. The molecule has 1 aliphatic rings. The van der Waals surface area contributed by atoms with Gasteiger partial charge in [0.15, 0.2) is 0 Å². The van der Waals surface area contributed by atoms with Gasteiger partial charge in [-0.05, 0) is 19.4 Å². The molecule has 0 aromatic carbocycles. The Morgan fingerprint density at radius 3 is 2.78 bits per heavy atom. The van der Waals surface area contributed by atoms with Crippen molar-refractivity contribution >= 4 is 17.5 Å². The van der Waals surface area contributed by atoms with Gasteiger partial charge in [-0.2, -0.15) is 0 Å². The minimum atomic E-state index is 0.0874. The predicted molar refractivity (Wildman–Crippen MR) is 73.1 cm³/mol. The summed E-state index contributed by atoms with van der Waals surface area (Å²) in [6.07, 6.45) is 2.83. The summed E-state index contributed by atoms with van der Waals surface area (Å²) in [4.78, 5) is 14.5. The summed E-state index contributed by atoms with van der Waals surface area (Å²) in [6, 6.07) is 2.10. The second kappa shape index (κ2) is 5.76. The monoisotopic (exact) mass is 269 g/mol. The number of carbonyl (C=O) groups is 1. The molecule has 5 heteroatoms. The Morgan fingerprint density at radius 1 is 1.56 bits per heavy atom. The Bertz CT molecular complexity index is 426. The minimum absolute atomic E-state index is 0.0874. The van der Waals surface area contributed by atoms with E-state index < -0.39 is 0 Å². The molecule has 1 aromatic heterocycles. The van der Waals surface area contributed by atoms with Gasteiger partial charge < -0.3 is 14.8 Å². The van der Waals surface area contributed by atoms with Gasteiger partial charge >= 0.3 is 0 Å². The van der Waals surface area contributed by atoms with Crippen LogP contribution in [0.15, 0.2) is 12.3 Å². The number of nitrogens with one attached hydrogen (secondary N) is 1. The smallest absolute Gasteiger partial charge is 0.270 e. The quantitative estimate of drug-likeness (QED) is 0.888. The third-order valence-corrected chi connectivity index (χ3v) is 3.56. The van der Waals surface area contributed by atoms with Crippen molar-refractivity contribution < 1.29 is 4.79 Å². The predicted octanol–water partition coefficient (Wildman–Crippen LogP) is 1.99. The number of hydrogen-bond acceptors (Lipinski definition) is 2. The highest BCUT2D eigenvalue weighted by Crippen LogP contribution is 2.18. The van der Waals surface area contributed by atoms with E-state index in [0.29, 0.717) is 16.8 Å². The van der Waals surface area contributed by atoms with Crippen LogP contribution in [-0.4, -0.2) is 41.1 Å².